The van der Waals surface area contributed by atoms with E-state index in [1.807, 2.05) is 12.3 Å². The summed E-state index contributed by atoms with van der Waals surface area (Å²) in [7, 11) is 0. The van der Waals surface area contributed by atoms with Gasteiger partial charge in [-0.15, -0.1) is 11.3 Å². The minimum atomic E-state index is -0.237. The number of nitrogens with zero attached hydrogens (tertiary/aromatic N) is 1. The standard InChI is InChI=1S/C12H13BrN2O2S/c1-3-11-15-8(6-18-11)7(2)14-12(16)9-4-5-10(13)17-9/h4-7H,3H2,1-2H3,(H,14,16)/t7-/m0/s1. The van der Waals surface area contributed by atoms with E-state index in [-0.39, 0.29) is 11.9 Å². The summed E-state index contributed by atoms with van der Waals surface area (Å²) in [5.41, 5.74) is 0.885. The lowest BCUT2D eigenvalue weighted by molar-refractivity contribution is 0.0910. The average molecular weight is 329 g/mol. The molecule has 0 aliphatic heterocycles. The van der Waals surface area contributed by atoms with Crippen molar-refractivity contribution in [2.24, 2.45) is 0 Å². The van der Waals surface area contributed by atoms with E-state index >= 15 is 0 Å². The first-order valence-electron chi connectivity index (χ1n) is 5.60. The van der Waals surface area contributed by atoms with Crippen molar-refractivity contribution in [3.63, 3.8) is 0 Å². The van der Waals surface area contributed by atoms with Gasteiger partial charge in [-0.3, -0.25) is 4.79 Å². The highest BCUT2D eigenvalue weighted by molar-refractivity contribution is 9.10. The van der Waals surface area contributed by atoms with Gasteiger partial charge in [-0.05, 0) is 41.4 Å². The Bertz CT molecular complexity index is 550. The molecular weight excluding hydrogens is 316 g/mol. The quantitative estimate of drug-likeness (QED) is 0.933. The molecule has 1 N–H and O–H groups in total. The third-order valence-corrected chi connectivity index (χ3v) is 3.90. The lowest BCUT2D eigenvalue weighted by atomic mass is 10.2. The van der Waals surface area contributed by atoms with Gasteiger partial charge in [0.1, 0.15) is 0 Å². The average Bonchev–Trinajstić information content (AvgIpc) is 2.97. The number of hydrogen-bond acceptors (Lipinski definition) is 4. The number of halogens is 1. The Morgan fingerprint density at radius 2 is 2.39 bits per heavy atom. The summed E-state index contributed by atoms with van der Waals surface area (Å²) in [6.45, 7) is 3.97. The van der Waals surface area contributed by atoms with Gasteiger partial charge < -0.3 is 9.73 Å². The molecule has 2 rings (SSSR count). The molecule has 1 amide bonds. The summed E-state index contributed by atoms with van der Waals surface area (Å²) in [5.74, 6) is 0.0546. The van der Waals surface area contributed by atoms with E-state index in [0.717, 1.165) is 17.1 Å². The molecule has 18 heavy (non-hydrogen) atoms. The van der Waals surface area contributed by atoms with Crippen molar-refractivity contribution < 1.29 is 9.21 Å². The number of aromatic nitrogens is 1. The Kier molecular flexibility index (Phi) is 4.19. The molecule has 0 spiro atoms. The lowest BCUT2D eigenvalue weighted by Crippen LogP contribution is -2.26. The van der Waals surface area contributed by atoms with Crippen LogP contribution >= 0.6 is 27.3 Å². The number of furan rings is 1. The second-order valence-electron chi connectivity index (χ2n) is 3.82. The summed E-state index contributed by atoms with van der Waals surface area (Å²) < 4.78 is 5.74. The van der Waals surface area contributed by atoms with Gasteiger partial charge in [0.15, 0.2) is 10.4 Å². The fourth-order valence-corrected chi connectivity index (χ4v) is 2.61. The van der Waals surface area contributed by atoms with Crippen LogP contribution in [0, 0.1) is 0 Å². The molecule has 2 heterocycles. The number of aryl methyl sites for hydroxylation is 1. The molecule has 0 aliphatic rings. The summed E-state index contributed by atoms with van der Waals surface area (Å²) in [6.07, 6.45) is 0.913. The minimum Gasteiger partial charge on any atom is -0.444 e. The largest absolute Gasteiger partial charge is 0.444 e. The molecule has 0 bridgehead atoms. The van der Waals surface area contributed by atoms with E-state index in [9.17, 15) is 4.79 Å². The first kappa shape index (κ1) is 13.3. The third-order valence-electron chi connectivity index (χ3n) is 2.46. The topological polar surface area (TPSA) is 55.1 Å². The van der Waals surface area contributed by atoms with Crippen molar-refractivity contribution >= 4 is 33.2 Å². The number of thiazole rings is 1. The number of hydrogen-bond donors (Lipinski definition) is 1. The summed E-state index contributed by atoms with van der Waals surface area (Å²) in [6, 6.07) is 3.19. The van der Waals surface area contributed by atoms with Crippen molar-refractivity contribution in [2.45, 2.75) is 26.3 Å². The van der Waals surface area contributed by atoms with Crippen LogP contribution in [0.25, 0.3) is 0 Å². The third kappa shape index (κ3) is 3.00. The molecule has 1 atom stereocenters. The monoisotopic (exact) mass is 328 g/mol. The zero-order valence-electron chi connectivity index (χ0n) is 10.1. The van der Waals surface area contributed by atoms with E-state index in [1.165, 1.54) is 0 Å². The first-order valence-corrected chi connectivity index (χ1v) is 7.28. The number of carbonyl (C=O) groups is 1. The van der Waals surface area contributed by atoms with E-state index in [0.29, 0.717) is 10.4 Å². The number of amides is 1. The van der Waals surface area contributed by atoms with Gasteiger partial charge >= 0.3 is 0 Å². The molecule has 6 heteroatoms. The fraction of sp³-hybridized carbons (Fsp3) is 0.333. The van der Waals surface area contributed by atoms with Crippen molar-refractivity contribution in [3.8, 4) is 0 Å². The van der Waals surface area contributed by atoms with Crippen molar-refractivity contribution in [2.75, 3.05) is 0 Å². The zero-order chi connectivity index (χ0) is 13.1. The zero-order valence-corrected chi connectivity index (χ0v) is 12.5. The van der Waals surface area contributed by atoms with Crippen LogP contribution in [0.5, 0.6) is 0 Å². The van der Waals surface area contributed by atoms with Gasteiger partial charge in [0.2, 0.25) is 0 Å². The van der Waals surface area contributed by atoms with Crippen LogP contribution in [0.4, 0.5) is 0 Å². The Labute approximate surface area is 118 Å². The maximum absolute atomic E-state index is 11.9. The van der Waals surface area contributed by atoms with Gasteiger partial charge in [0.25, 0.3) is 5.91 Å². The molecule has 0 radical (unpaired) electrons. The highest BCUT2D eigenvalue weighted by atomic mass is 79.9. The summed E-state index contributed by atoms with van der Waals surface area (Å²) >= 11 is 4.78. The van der Waals surface area contributed by atoms with E-state index < -0.39 is 0 Å². The summed E-state index contributed by atoms with van der Waals surface area (Å²) in [4.78, 5) is 16.3. The molecule has 0 aromatic carbocycles. The van der Waals surface area contributed by atoms with Crippen LogP contribution in [0.3, 0.4) is 0 Å². The van der Waals surface area contributed by atoms with Gasteiger partial charge in [-0.1, -0.05) is 6.92 Å². The predicted molar refractivity (Wildman–Crippen MR) is 73.8 cm³/mol. The number of nitrogens with one attached hydrogen (secondary N) is 1. The lowest BCUT2D eigenvalue weighted by Gasteiger charge is -2.09. The van der Waals surface area contributed by atoms with Crippen LogP contribution in [0.15, 0.2) is 26.6 Å². The predicted octanol–water partition coefficient (Wildman–Crippen LogP) is 3.55. The van der Waals surface area contributed by atoms with Crippen LogP contribution in [-0.4, -0.2) is 10.9 Å². The van der Waals surface area contributed by atoms with E-state index in [1.54, 1.807) is 23.5 Å². The van der Waals surface area contributed by atoms with Crippen LogP contribution in [0.2, 0.25) is 0 Å². The molecule has 0 unspecified atom stereocenters. The Morgan fingerprint density at radius 3 is 2.94 bits per heavy atom. The molecule has 2 aromatic heterocycles. The van der Waals surface area contributed by atoms with Gasteiger partial charge in [-0.25, -0.2) is 4.98 Å². The molecule has 4 nitrogen and oxygen atoms in total. The van der Waals surface area contributed by atoms with Gasteiger partial charge in [0, 0.05) is 5.38 Å². The van der Waals surface area contributed by atoms with Crippen LogP contribution < -0.4 is 5.32 Å². The molecule has 0 aliphatic carbocycles. The van der Waals surface area contributed by atoms with Crippen LogP contribution in [0.1, 0.15) is 41.1 Å². The van der Waals surface area contributed by atoms with Crippen molar-refractivity contribution in [1.29, 1.82) is 0 Å². The molecule has 96 valence electrons. The van der Waals surface area contributed by atoms with Gasteiger partial charge in [-0.2, -0.15) is 0 Å². The Balaban J connectivity index is 2.02. The van der Waals surface area contributed by atoms with Crippen molar-refractivity contribution in [1.82, 2.24) is 10.3 Å². The van der Waals surface area contributed by atoms with Crippen molar-refractivity contribution in [3.05, 3.63) is 38.6 Å². The second-order valence-corrected chi connectivity index (χ2v) is 5.54. The Morgan fingerprint density at radius 1 is 1.61 bits per heavy atom. The maximum atomic E-state index is 11.9. The first-order chi connectivity index (χ1) is 8.60. The number of rotatable bonds is 4. The second kappa shape index (κ2) is 5.67. The molecule has 2 aromatic rings. The number of carbonyl (C=O) groups excluding carboxylic acids is 1. The van der Waals surface area contributed by atoms with Crippen LogP contribution in [-0.2, 0) is 6.42 Å². The normalized spacial score (nSPS) is 12.4. The highest BCUT2D eigenvalue weighted by Gasteiger charge is 2.16. The Hall–Kier alpha value is -1.14. The highest BCUT2D eigenvalue weighted by Crippen LogP contribution is 2.18. The van der Waals surface area contributed by atoms with E-state index in [4.69, 9.17) is 4.42 Å². The SMILES string of the molecule is CCc1nc([C@H](C)NC(=O)c2ccc(Br)o2)cs1. The summed E-state index contributed by atoms with van der Waals surface area (Å²) in [5, 5.41) is 5.90. The fourth-order valence-electron chi connectivity index (χ4n) is 1.46. The maximum Gasteiger partial charge on any atom is 0.287 e. The molecular formula is C12H13BrN2O2S. The van der Waals surface area contributed by atoms with Gasteiger partial charge in [0.05, 0.1) is 16.7 Å². The minimum absolute atomic E-state index is 0.127. The molecule has 0 saturated heterocycles. The smallest absolute Gasteiger partial charge is 0.287 e. The molecule has 0 saturated carbocycles. The van der Waals surface area contributed by atoms with E-state index in [2.05, 4.69) is 33.2 Å². The molecule has 0 fully saturated rings.